The summed E-state index contributed by atoms with van der Waals surface area (Å²) in [6.45, 7) is 0.322. The molecule has 0 aliphatic heterocycles. The van der Waals surface area contributed by atoms with Crippen LogP contribution in [0.3, 0.4) is 0 Å². The van der Waals surface area contributed by atoms with Crippen molar-refractivity contribution in [2.45, 2.75) is 31.6 Å². The van der Waals surface area contributed by atoms with Crippen molar-refractivity contribution in [2.75, 3.05) is 26.0 Å². The summed E-state index contributed by atoms with van der Waals surface area (Å²) in [4.78, 5) is 29.1. The van der Waals surface area contributed by atoms with Crippen LogP contribution in [0.5, 0.6) is 0 Å². The largest absolute Gasteiger partial charge is 0.345 e. The lowest BCUT2D eigenvalue weighted by molar-refractivity contribution is 0.00478. The van der Waals surface area contributed by atoms with Gasteiger partial charge in [0.05, 0.1) is 0 Å². The van der Waals surface area contributed by atoms with Gasteiger partial charge in [-0.15, -0.1) is 0 Å². The topological polar surface area (TPSA) is 74.3 Å². The molecule has 3 amide bonds. The number of halogens is 2. The van der Waals surface area contributed by atoms with Gasteiger partial charge in [0.1, 0.15) is 5.82 Å². The average molecular weight is 340 g/mol. The third-order valence-corrected chi connectivity index (χ3v) is 4.00. The van der Waals surface area contributed by atoms with Gasteiger partial charge in [0, 0.05) is 45.2 Å². The Hall–Kier alpha value is -2.25. The average Bonchev–Trinajstić information content (AvgIpc) is 2.85. The van der Waals surface area contributed by atoms with Gasteiger partial charge in [0.15, 0.2) is 0 Å². The van der Waals surface area contributed by atoms with Gasteiger partial charge in [-0.05, 0) is 30.9 Å². The summed E-state index contributed by atoms with van der Waals surface area (Å²) in [7, 11) is 3.27. The van der Waals surface area contributed by atoms with Crippen LogP contribution in [-0.2, 0) is 0 Å². The molecule has 0 spiro atoms. The molecule has 6 nitrogen and oxygen atoms in total. The number of hydrogen-bond acceptors (Lipinski definition) is 3. The van der Waals surface area contributed by atoms with Crippen molar-refractivity contribution >= 4 is 17.8 Å². The molecule has 8 heteroatoms. The van der Waals surface area contributed by atoms with E-state index in [2.05, 4.69) is 15.6 Å². The minimum Gasteiger partial charge on any atom is -0.345 e. The predicted molar refractivity (Wildman–Crippen MR) is 86.2 cm³/mol. The van der Waals surface area contributed by atoms with E-state index in [1.807, 2.05) is 0 Å². The van der Waals surface area contributed by atoms with Crippen LogP contribution in [0.1, 0.15) is 36.0 Å². The molecule has 0 saturated heterocycles. The second-order valence-electron chi connectivity index (χ2n) is 6.26. The SMILES string of the molecule is CN(C)C(=O)c1ccnc(NC(=O)NCCC2CCC(F)(F)C2)c1. The zero-order valence-electron chi connectivity index (χ0n) is 13.8. The molecule has 2 N–H and O–H groups in total. The number of carbonyl (C=O) groups excluding carboxylic acids is 2. The summed E-state index contributed by atoms with van der Waals surface area (Å²) in [6, 6.07) is 2.58. The summed E-state index contributed by atoms with van der Waals surface area (Å²) in [5.41, 5.74) is 0.415. The molecule has 1 aliphatic rings. The number of alkyl halides is 2. The maximum absolute atomic E-state index is 13.1. The fourth-order valence-corrected chi connectivity index (χ4v) is 2.73. The third kappa shape index (κ3) is 5.14. The van der Waals surface area contributed by atoms with Gasteiger partial charge >= 0.3 is 6.03 Å². The van der Waals surface area contributed by atoms with Crippen LogP contribution in [0.25, 0.3) is 0 Å². The van der Waals surface area contributed by atoms with E-state index < -0.39 is 12.0 Å². The number of anilines is 1. The molecule has 2 rings (SSSR count). The first-order chi connectivity index (χ1) is 11.3. The van der Waals surface area contributed by atoms with Crippen LogP contribution < -0.4 is 10.6 Å². The van der Waals surface area contributed by atoms with Gasteiger partial charge in [-0.1, -0.05) is 0 Å². The number of nitrogens with one attached hydrogen (secondary N) is 2. The normalized spacial score (nSPS) is 18.9. The van der Waals surface area contributed by atoms with Crippen LogP contribution in [0.15, 0.2) is 18.3 Å². The summed E-state index contributed by atoms with van der Waals surface area (Å²) < 4.78 is 26.2. The maximum Gasteiger partial charge on any atom is 0.320 e. The summed E-state index contributed by atoms with van der Waals surface area (Å²) >= 11 is 0. The molecule has 1 aromatic rings. The van der Waals surface area contributed by atoms with E-state index >= 15 is 0 Å². The predicted octanol–water partition coefficient (Wildman–Crippen LogP) is 2.73. The van der Waals surface area contributed by atoms with E-state index in [1.54, 1.807) is 20.2 Å². The van der Waals surface area contributed by atoms with E-state index in [0.29, 0.717) is 24.9 Å². The molecule has 1 heterocycles. The fraction of sp³-hybridized carbons (Fsp3) is 0.562. The Morgan fingerprint density at radius 2 is 2.17 bits per heavy atom. The Kier molecular flexibility index (Phi) is 5.69. The summed E-state index contributed by atoms with van der Waals surface area (Å²) in [5.74, 6) is -2.55. The van der Waals surface area contributed by atoms with Gasteiger partial charge in [-0.3, -0.25) is 10.1 Å². The Bertz CT molecular complexity index is 607. The number of aromatic nitrogens is 1. The first-order valence-corrected chi connectivity index (χ1v) is 7.87. The van der Waals surface area contributed by atoms with E-state index in [9.17, 15) is 18.4 Å². The first-order valence-electron chi connectivity index (χ1n) is 7.87. The highest BCUT2D eigenvalue weighted by Crippen LogP contribution is 2.40. The van der Waals surface area contributed by atoms with Crippen LogP contribution in [0.4, 0.5) is 19.4 Å². The Morgan fingerprint density at radius 3 is 2.79 bits per heavy atom. The lowest BCUT2D eigenvalue weighted by Gasteiger charge is -2.13. The first kappa shape index (κ1) is 18.1. The van der Waals surface area contributed by atoms with Gasteiger partial charge in [-0.25, -0.2) is 18.6 Å². The van der Waals surface area contributed by atoms with E-state index in [0.717, 1.165) is 0 Å². The van der Waals surface area contributed by atoms with E-state index in [-0.39, 0.29) is 30.5 Å². The standard InChI is InChI=1S/C16H22F2N4O2/c1-22(2)14(23)12-5-8-19-13(9-12)21-15(24)20-7-4-11-3-6-16(17,18)10-11/h5,8-9,11H,3-4,6-7,10H2,1-2H3,(H2,19,20,21,24). The van der Waals surface area contributed by atoms with Gasteiger partial charge in [-0.2, -0.15) is 0 Å². The smallest absolute Gasteiger partial charge is 0.320 e. The molecular weight excluding hydrogens is 318 g/mol. The molecule has 1 fully saturated rings. The van der Waals surface area contributed by atoms with Gasteiger partial charge < -0.3 is 10.2 Å². The molecule has 0 aromatic carbocycles. The number of pyridine rings is 1. The molecule has 1 atom stereocenters. The summed E-state index contributed by atoms with van der Waals surface area (Å²) in [6.07, 6.45) is 2.28. The number of rotatable bonds is 5. The molecule has 1 saturated carbocycles. The second-order valence-corrected chi connectivity index (χ2v) is 6.26. The molecular formula is C16H22F2N4O2. The second kappa shape index (κ2) is 7.55. The van der Waals surface area contributed by atoms with Crippen molar-refractivity contribution in [1.82, 2.24) is 15.2 Å². The summed E-state index contributed by atoms with van der Waals surface area (Å²) in [5, 5.41) is 5.16. The van der Waals surface area contributed by atoms with E-state index in [4.69, 9.17) is 0 Å². The monoisotopic (exact) mass is 340 g/mol. The number of carbonyl (C=O) groups is 2. The van der Waals surface area contributed by atoms with Crippen molar-refractivity contribution in [3.8, 4) is 0 Å². The zero-order valence-corrected chi connectivity index (χ0v) is 13.8. The lowest BCUT2D eigenvalue weighted by atomic mass is 10.0. The van der Waals surface area contributed by atoms with Crippen LogP contribution in [0.2, 0.25) is 0 Å². The van der Waals surface area contributed by atoms with Crippen molar-refractivity contribution in [3.63, 3.8) is 0 Å². The molecule has 132 valence electrons. The lowest BCUT2D eigenvalue weighted by Crippen LogP contribution is -2.31. The van der Waals surface area contributed by atoms with E-state index in [1.165, 1.54) is 17.2 Å². The minimum absolute atomic E-state index is 0.0561. The third-order valence-electron chi connectivity index (χ3n) is 4.00. The number of urea groups is 1. The molecule has 1 unspecified atom stereocenters. The number of hydrogen-bond donors (Lipinski definition) is 2. The molecule has 24 heavy (non-hydrogen) atoms. The quantitative estimate of drug-likeness (QED) is 0.865. The Balaban J connectivity index is 1.78. The zero-order chi connectivity index (χ0) is 17.7. The maximum atomic E-state index is 13.1. The Labute approximate surface area is 139 Å². The molecule has 1 aromatic heterocycles. The van der Waals surface area contributed by atoms with Crippen molar-refractivity contribution in [1.29, 1.82) is 0 Å². The van der Waals surface area contributed by atoms with Crippen LogP contribution in [0, 0.1) is 5.92 Å². The van der Waals surface area contributed by atoms with Crippen LogP contribution >= 0.6 is 0 Å². The van der Waals surface area contributed by atoms with Crippen LogP contribution in [-0.4, -0.2) is 48.4 Å². The van der Waals surface area contributed by atoms with Gasteiger partial charge in [0.2, 0.25) is 5.92 Å². The minimum atomic E-state index is -2.56. The fourth-order valence-electron chi connectivity index (χ4n) is 2.73. The molecule has 1 aliphatic carbocycles. The van der Waals surface area contributed by atoms with Crippen molar-refractivity contribution in [3.05, 3.63) is 23.9 Å². The van der Waals surface area contributed by atoms with Crippen molar-refractivity contribution < 1.29 is 18.4 Å². The number of nitrogens with zero attached hydrogens (tertiary/aromatic N) is 2. The van der Waals surface area contributed by atoms with Gasteiger partial charge in [0.25, 0.3) is 5.91 Å². The Morgan fingerprint density at radius 1 is 1.42 bits per heavy atom. The highest BCUT2D eigenvalue weighted by Gasteiger charge is 2.38. The highest BCUT2D eigenvalue weighted by atomic mass is 19.3. The molecule has 0 radical (unpaired) electrons. The van der Waals surface area contributed by atoms with Crippen molar-refractivity contribution in [2.24, 2.45) is 5.92 Å². The highest BCUT2D eigenvalue weighted by molar-refractivity contribution is 5.95. The molecule has 0 bridgehead atoms. The number of amides is 3.